The summed E-state index contributed by atoms with van der Waals surface area (Å²) >= 11 is 3.07. The second-order valence-electron chi connectivity index (χ2n) is 11.2. The Labute approximate surface area is 249 Å². The van der Waals surface area contributed by atoms with Gasteiger partial charge in [0.25, 0.3) is 0 Å². The third-order valence-electron chi connectivity index (χ3n) is 8.27. The summed E-state index contributed by atoms with van der Waals surface area (Å²) in [5, 5.41) is 8.04. The highest BCUT2D eigenvalue weighted by atomic mass is 79.9. The number of carbonyl (C=O) groups excluding carboxylic acids is 3. The second-order valence-corrected chi connectivity index (χ2v) is 11.9. The average molecular weight is 635 g/mol. The van der Waals surface area contributed by atoms with Crippen molar-refractivity contribution < 1.29 is 18.8 Å². The van der Waals surface area contributed by atoms with Crippen LogP contribution in [-0.2, 0) is 16.1 Å². The fraction of sp³-hybridized carbons (Fsp3) is 0.367. The number of likely N-dealkylation sites (tertiary alicyclic amines) is 1. The lowest BCUT2D eigenvalue weighted by Gasteiger charge is -2.34. The topological polar surface area (TPSA) is 123 Å². The van der Waals surface area contributed by atoms with Crippen LogP contribution in [0.25, 0.3) is 22.0 Å². The van der Waals surface area contributed by atoms with Gasteiger partial charge in [0.2, 0.25) is 11.8 Å². The van der Waals surface area contributed by atoms with E-state index in [9.17, 15) is 18.8 Å². The number of Topliss-reactive ketones (excluding diaryl/α,β-unsaturated/α-hetero) is 1. The van der Waals surface area contributed by atoms with Crippen molar-refractivity contribution in [1.82, 2.24) is 29.6 Å². The zero-order valence-corrected chi connectivity index (χ0v) is 25.2. The first-order valence-corrected chi connectivity index (χ1v) is 14.6. The molecule has 12 heteroatoms. The van der Waals surface area contributed by atoms with Gasteiger partial charge in [0.05, 0.1) is 5.52 Å². The summed E-state index contributed by atoms with van der Waals surface area (Å²) in [4.78, 5) is 54.4. The van der Waals surface area contributed by atoms with Gasteiger partial charge in [0, 0.05) is 36.3 Å². The molecule has 2 amide bonds. The Morgan fingerprint density at radius 3 is 2.50 bits per heavy atom. The molecule has 1 aliphatic carbocycles. The summed E-state index contributed by atoms with van der Waals surface area (Å²) in [6.45, 7) is 6.72. The van der Waals surface area contributed by atoms with Gasteiger partial charge in [-0.05, 0) is 96.8 Å². The minimum Gasteiger partial charge on any atom is -0.326 e. The standard InChI is InChI=1S/C30H29BrFN7O3/c1-14-7-19(20-11-33-17(4)34-12-20)10-22-25(16(3)40)37-38(26(14)22)13-24(41)39-21-6-5-18(9-21)27(39)30(42)36-29-15(2)8-23(32)28(31)35-29/h7-8,10-12,18,21,27H,5-6,9,13H2,1-4H3,(H,35,36,42)/t18?,21?,27-/m0/s1. The van der Waals surface area contributed by atoms with E-state index >= 15 is 0 Å². The lowest BCUT2D eigenvalue weighted by atomic mass is 9.97. The van der Waals surface area contributed by atoms with Crippen molar-refractivity contribution in [2.75, 3.05) is 5.32 Å². The van der Waals surface area contributed by atoms with Crippen molar-refractivity contribution in [3.63, 3.8) is 0 Å². The van der Waals surface area contributed by atoms with E-state index < -0.39 is 11.9 Å². The van der Waals surface area contributed by atoms with Crippen LogP contribution in [0.15, 0.2) is 35.2 Å². The number of anilines is 1. The minimum atomic E-state index is -0.676. The van der Waals surface area contributed by atoms with E-state index in [4.69, 9.17) is 0 Å². The molecule has 1 saturated heterocycles. The first kappa shape index (κ1) is 28.1. The maximum atomic E-state index is 13.9. The lowest BCUT2D eigenvalue weighted by molar-refractivity contribution is -0.141. The fourth-order valence-corrected chi connectivity index (χ4v) is 6.67. The van der Waals surface area contributed by atoms with Gasteiger partial charge < -0.3 is 10.2 Å². The Morgan fingerprint density at radius 2 is 1.79 bits per heavy atom. The first-order chi connectivity index (χ1) is 20.0. The summed E-state index contributed by atoms with van der Waals surface area (Å²) in [5.41, 5.74) is 3.94. The molecule has 1 N–H and O–H groups in total. The molecule has 10 nitrogen and oxygen atoms in total. The Morgan fingerprint density at radius 1 is 1.05 bits per heavy atom. The van der Waals surface area contributed by atoms with Crippen molar-refractivity contribution in [3.8, 4) is 11.1 Å². The van der Waals surface area contributed by atoms with E-state index in [1.54, 1.807) is 28.9 Å². The fourth-order valence-electron chi connectivity index (χ4n) is 6.38. The Kier molecular flexibility index (Phi) is 7.12. The molecule has 3 atom stereocenters. The van der Waals surface area contributed by atoms with E-state index in [-0.39, 0.29) is 52.2 Å². The molecule has 1 aliphatic heterocycles. The number of hydrogen-bond acceptors (Lipinski definition) is 7. The number of benzene rings is 1. The molecule has 4 heterocycles. The molecule has 1 saturated carbocycles. The quantitative estimate of drug-likeness (QED) is 0.236. The predicted molar refractivity (Wildman–Crippen MR) is 157 cm³/mol. The highest BCUT2D eigenvalue weighted by molar-refractivity contribution is 9.10. The highest BCUT2D eigenvalue weighted by Crippen LogP contribution is 2.43. The van der Waals surface area contributed by atoms with Gasteiger partial charge in [-0.2, -0.15) is 5.10 Å². The molecular formula is C30H29BrFN7O3. The van der Waals surface area contributed by atoms with Crippen molar-refractivity contribution in [2.24, 2.45) is 5.92 Å². The second kappa shape index (κ2) is 10.6. The SMILES string of the molecule is CC(=O)c1nn(CC(=O)N2C3CCC(C3)[C@H]2C(=O)Nc2nc(Br)c(F)cc2C)c2c(C)cc(-c3cnc(C)nc3)cc12. The van der Waals surface area contributed by atoms with Crippen LogP contribution in [0.1, 0.15) is 53.6 Å². The van der Waals surface area contributed by atoms with Crippen molar-refractivity contribution in [1.29, 1.82) is 0 Å². The van der Waals surface area contributed by atoms with Crippen LogP contribution in [0.3, 0.4) is 0 Å². The molecular weight excluding hydrogens is 605 g/mol. The molecule has 2 aliphatic rings. The molecule has 4 aromatic rings. The first-order valence-electron chi connectivity index (χ1n) is 13.8. The highest BCUT2D eigenvalue weighted by Gasteiger charge is 2.51. The van der Waals surface area contributed by atoms with Gasteiger partial charge >= 0.3 is 0 Å². The number of piperidine rings is 1. The lowest BCUT2D eigenvalue weighted by Crippen LogP contribution is -2.52. The number of nitrogens with one attached hydrogen (secondary N) is 1. The largest absolute Gasteiger partial charge is 0.326 e. The number of aryl methyl sites for hydroxylation is 3. The third-order valence-corrected chi connectivity index (χ3v) is 8.83. The van der Waals surface area contributed by atoms with Crippen LogP contribution in [-0.4, -0.2) is 59.3 Å². The van der Waals surface area contributed by atoms with Gasteiger partial charge in [-0.25, -0.2) is 19.3 Å². The number of rotatable bonds is 6. The number of nitrogens with zero attached hydrogens (tertiary/aromatic N) is 6. The minimum absolute atomic E-state index is 0.00421. The maximum Gasteiger partial charge on any atom is 0.248 e. The number of hydrogen-bond donors (Lipinski definition) is 1. The Balaban J connectivity index is 1.31. The van der Waals surface area contributed by atoms with Gasteiger partial charge in [-0.1, -0.05) is 0 Å². The zero-order chi connectivity index (χ0) is 29.9. The monoisotopic (exact) mass is 633 g/mol. The van der Waals surface area contributed by atoms with Crippen molar-refractivity contribution in [3.05, 3.63) is 63.7 Å². The van der Waals surface area contributed by atoms with E-state index in [1.165, 1.54) is 13.0 Å². The van der Waals surface area contributed by atoms with Gasteiger partial charge in [0.15, 0.2) is 11.6 Å². The number of carbonyl (C=O) groups is 3. The molecule has 1 aromatic carbocycles. The molecule has 6 rings (SSSR count). The van der Waals surface area contributed by atoms with Crippen LogP contribution in [0.4, 0.5) is 10.2 Å². The number of amides is 2. The summed E-state index contributed by atoms with van der Waals surface area (Å²) < 4.78 is 15.5. The third kappa shape index (κ3) is 4.87. The Hall–Kier alpha value is -4.06. The molecule has 0 spiro atoms. The molecule has 216 valence electrons. The van der Waals surface area contributed by atoms with E-state index in [1.807, 2.05) is 26.0 Å². The van der Waals surface area contributed by atoms with E-state index in [2.05, 4.69) is 41.3 Å². The normalized spacial score (nSPS) is 19.5. The van der Waals surface area contributed by atoms with Crippen molar-refractivity contribution in [2.45, 2.75) is 65.6 Å². The van der Waals surface area contributed by atoms with Crippen LogP contribution in [0, 0.1) is 32.5 Å². The van der Waals surface area contributed by atoms with Gasteiger partial charge in [-0.15, -0.1) is 0 Å². The van der Waals surface area contributed by atoms with Crippen LogP contribution < -0.4 is 5.32 Å². The van der Waals surface area contributed by atoms with Crippen LogP contribution in [0.2, 0.25) is 0 Å². The van der Waals surface area contributed by atoms with E-state index in [0.29, 0.717) is 22.3 Å². The molecule has 42 heavy (non-hydrogen) atoms. The summed E-state index contributed by atoms with van der Waals surface area (Å²) in [6.07, 6.45) is 5.87. The van der Waals surface area contributed by atoms with Gasteiger partial charge in [0.1, 0.15) is 34.5 Å². The van der Waals surface area contributed by atoms with Crippen LogP contribution in [0.5, 0.6) is 0 Å². The zero-order valence-electron chi connectivity index (χ0n) is 23.6. The maximum absolute atomic E-state index is 13.9. The number of pyridine rings is 1. The summed E-state index contributed by atoms with van der Waals surface area (Å²) in [6, 6.07) is 4.41. The van der Waals surface area contributed by atoms with E-state index in [0.717, 1.165) is 36.0 Å². The summed E-state index contributed by atoms with van der Waals surface area (Å²) in [5.74, 6) is -0.402. The summed E-state index contributed by atoms with van der Waals surface area (Å²) in [7, 11) is 0. The molecule has 0 radical (unpaired) electrons. The smallest absolute Gasteiger partial charge is 0.248 e. The number of halogens is 2. The number of ketones is 1. The predicted octanol–water partition coefficient (Wildman–Crippen LogP) is 4.94. The van der Waals surface area contributed by atoms with Crippen LogP contribution >= 0.6 is 15.9 Å². The molecule has 2 unspecified atom stereocenters. The molecule has 2 bridgehead atoms. The Bertz CT molecular complexity index is 1770. The average Bonchev–Trinajstić information content (AvgIpc) is 3.66. The molecule has 3 aromatic heterocycles. The number of fused-ring (bicyclic) bond motifs is 3. The van der Waals surface area contributed by atoms with Crippen molar-refractivity contribution >= 4 is 50.2 Å². The number of aromatic nitrogens is 5. The molecule has 2 fully saturated rings. The van der Waals surface area contributed by atoms with Gasteiger partial charge in [-0.3, -0.25) is 19.1 Å².